The van der Waals surface area contributed by atoms with Gasteiger partial charge in [0.2, 0.25) is 5.95 Å². The molecule has 6 nitrogen and oxygen atoms in total. The molecule has 2 aromatic heterocycles. The van der Waals surface area contributed by atoms with Crippen LogP contribution in [-0.2, 0) is 0 Å². The molecule has 1 aliphatic heterocycles. The van der Waals surface area contributed by atoms with E-state index in [1.165, 1.54) is 0 Å². The van der Waals surface area contributed by atoms with Crippen LogP contribution in [0.25, 0.3) is 22.5 Å². The molecule has 1 aliphatic rings. The minimum absolute atomic E-state index is 0.418. The van der Waals surface area contributed by atoms with E-state index in [-0.39, 0.29) is 0 Å². The van der Waals surface area contributed by atoms with Crippen LogP contribution in [0, 0.1) is 0 Å². The van der Waals surface area contributed by atoms with Crippen molar-refractivity contribution in [2.75, 3.05) is 25.5 Å². The van der Waals surface area contributed by atoms with Crippen molar-refractivity contribution < 1.29 is 0 Å². The second-order valence-electron chi connectivity index (χ2n) is 6.65. The molecule has 0 atom stereocenters. The fourth-order valence-electron chi connectivity index (χ4n) is 3.23. The molecule has 134 valence electrons. The third-order valence-electron chi connectivity index (χ3n) is 4.76. The van der Waals surface area contributed by atoms with Crippen LogP contribution in [0.1, 0.15) is 12.8 Å². The molecule has 1 aromatic carbocycles. The smallest absolute Gasteiger partial charge is 0.223 e. The van der Waals surface area contributed by atoms with E-state index in [0.29, 0.717) is 17.0 Å². The van der Waals surface area contributed by atoms with Gasteiger partial charge in [-0.25, -0.2) is 9.97 Å². The van der Waals surface area contributed by atoms with E-state index < -0.39 is 0 Å². The van der Waals surface area contributed by atoms with Gasteiger partial charge in [-0.1, -0.05) is 23.7 Å². The Morgan fingerprint density at radius 3 is 2.69 bits per heavy atom. The molecule has 2 N–H and O–H groups in total. The number of aromatic amines is 1. The predicted molar refractivity (Wildman–Crippen MR) is 104 cm³/mol. The summed E-state index contributed by atoms with van der Waals surface area (Å²) < 4.78 is 0. The zero-order valence-electron chi connectivity index (χ0n) is 14.6. The minimum Gasteiger partial charge on any atom is -0.351 e. The molecule has 0 aliphatic carbocycles. The Kier molecular flexibility index (Phi) is 4.86. The molecule has 0 spiro atoms. The number of hydrogen-bond acceptors (Lipinski definition) is 5. The number of H-pyrrole nitrogens is 1. The van der Waals surface area contributed by atoms with Gasteiger partial charge in [0.05, 0.1) is 17.6 Å². The van der Waals surface area contributed by atoms with Gasteiger partial charge in [-0.05, 0) is 51.2 Å². The Balaban J connectivity index is 1.57. The summed E-state index contributed by atoms with van der Waals surface area (Å²) in [5.41, 5.74) is 3.73. The molecule has 1 fully saturated rings. The SMILES string of the molecule is CN1CCC(Nc2nccc(-c3cn[nH]c3-c3ccc(Cl)cc3)n2)CC1. The lowest BCUT2D eigenvalue weighted by molar-refractivity contribution is 0.263. The van der Waals surface area contributed by atoms with E-state index in [9.17, 15) is 0 Å². The fourth-order valence-corrected chi connectivity index (χ4v) is 3.36. The number of aromatic nitrogens is 4. The van der Waals surface area contributed by atoms with Crippen molar-refractivity contribution in [1.82, 2.24) is 25.1 Å². The van der Waals surface area contributed by atoms with Crippen LogP contribution in [0.15, 0.2) is 42.7 Å². The summed E-state index contributed by atoms with van der Waals surface area (Å²) in [6, 6.07) is 10.0. The molecule has 26 heavy (non-hydrogen) atoms. The number of piperidine rings is 1. The lowest BCUT2D eigenvalue weighted by Crippen LogP contribution is -2.37. The highest BCUT2D eigenvalue weighted by atomic mass is 35.5. The second-order valence-corrected chi connectivity index (χ2v) is 7.09. The van der Waals surface area contributed by atoms with Crippen LogP contribution in [0.4, 0.5) is 5.95 Å². The summed E-state index contributed by atoms with van der Waals surface area (Å²) in [4.78, 5) is 11.4. The van der Waals surface area contributed by atoms with Crippen LogP contribution in [0.3, 0.4) is 0 Å². The number of likely N-dealkylation sites (tertiary alicyclic amines) is 1. The minimum atomic E-state index is 0.418. The standard InChI is InChI=1S/C19H21ClN6/c1-26-10-7-15(8-11-26)23-19-21-9-6-17(24-19)16-12-22-25-18(16)13-2-4-14(20)5-3-13/h2-6,9,12,15H,7-8,10-11H2,1H3,(H,22,25)(H,21,23,24). The molecule has 1 saturated heterocycles. The van der Waals surface area contributed by atoms with Gasteiger partial charge in [-0.2, -0.15) is 5.10 Å². The summed E-state index contributed by atoms with van der Waals surface area (Å²) in [6.45, 7) is 2.19. The van der Waals surface area contributed by atoms with Gasteiger partial charge in [-0.15, -0.1) is 0 Å². The highest BCUT2D eigenvalue weighted by Gasteiger charge is 2.18. The number of nitrogens with zero attached hydrogens (tertiary/aromatic N) is 4. The number of halogens is 1. The monoisotopic (exact) mass is 368 g/mol. The lowest BCUT2D eigenvalue weighted by atomic mass is 10.1. The maximum atomic E-state index is 5.99. The van der Waals surface area contributed by atoms with Crippen molar-refractivity contribution in [3.8, 4) is 22.5 Å². The number of nitrogens with one attached hydrogen (secondary N) is 2. The number of hydrogen-bond donors (Lipinski definition) is 2. The number of benzene rings is 1. The normalized spacial score (nSPS) is 15.9. The Labute approximate surface area is 157 Å². The third kappa shape index (κ3) is 3.71. The van der Waals surface area contributed by atoms with Crippen LogP contribution in [-0.4, -0.2) is 51.2 Å². The zero-order valence-corrected chi connectivity index (χ0v) is 15.4. The van der Waals surface area contributed by atoms with Crippen LogP contribution in [0.5, 0.6) is 0 Å². The molecular formula is C19H21ClN6. The molecule has 0 saturated carbocycles. The summed E-state index contributed by atoms with van der Waals surface area (Å²) >= 11 is 5.99. The molecular weight excluding hydrogens is 348 g/mol. The molecule has 0 radical (unpaired) electrons. The quantitative estimate of drug-likeness (QED) is 0.735. The topological polar surface area (TPSA) is 69.7 Å². The first kappa shape index (κ1) is 17.0. The van der Waals surface area contributed by atoms with E-state index in [1.807, 2.05) is 30.3 Å². The summed E-state index contributed by atoms with van der Waals surface area (Å²) in [6.07, 6.45) is 5.79. The molecule has 0 bridgehead atoms. The Bertz CT molecular complexity index is 868. The lowest BCUT2D eigenvalue weighted by Gasteiger charge is -2.29. The van der Waals surface area contributed by atoms with Crippen molar-refractivity contribution in [3.05, 3.63) is 47.7 Å². The largest absolute Gasteiger partial charge is 0.351 e. The molecule has 7 heteroatoms. The van der Waals surface area contributed by atoms with Crippen molar-refractivity contribution in [3.63, 3.8) is 0 Å². The van der Waals surface area contributed by atoms with Gasteiger partial charge in [0.15, 0.2) is 0 Å². The first-order chi connectivity index (χ1) is 12.7. The van der Waals surface area contributed by atoms with Gasteiger partial charge in [-0.3, -0.25) is 5.10 Å². The van der Waals surface area contributed by atoms with E-state index in [0.717, 1.165) is 48.4 Å². The molecule has 0 amide bonds. The van der Waals surface area contributed by atoms with Crippen molar-refractivity contribution in [2.45, 2.75) is 18.9 Å². The Hall–Kier alpha value is -2.44. The number of rotatable bonds is 4. The third-order valence-corrected chi connectivity index (χ3v) is 5.01. The van der Waals surface area contributed by atoms with Crippen LogP contribution < -0.4 is 5.32 Å². The van der Waals surface area contributed by atoms with Crippen molar-refractivity contribution in [1.29, 1.82) is 0 Å². The van der Waals surface area contributed by atoms with Crippen molar-refractivity contribution in [2.24, 2.45) is 0 Å². The van der Waals surface area contributed by atoms with E-state index in [4.69, 9.17) is 16.6 Å². The first-order valence-electron chi connectivity index (χ1n) is 8.77. The maximum Gasteiger partial charge on any atom is 0.223 e. The number of anilines is 1. The van der Waals surface area contributed by atoms with E-state index in [2.05, 4.69) is 32.4 Å². The van der Waals surface area contributed by atoms with Crippen LogP contribution >= 0.6 is 11.6 Å². The van der Waals surface area contributed by atoms with Gasteiger partial charge in [0, 0.05) is 28.4 Å². The first-order valence-corrected chi connectivity index (χ1v) is 9.14. The highest BCUT2D eigenvalue weighted by molar-refractivity contribution is 6.30. The van der Waals surface area contributed by atoms with Gasteiger partial charge in [0.1, 0.15) is 0 Å². The van der Waals surface area contributed by atoms with Crippen LogP contribution in [0.2, 0.25) is 5.02 Å². The van der Waals surface area contributed by atoms with Gasteiger partial charge in [0.25, 0.3) is 0 Å². The zero-order chi connectivity index (χ0) is 17.9. The molecule has 0 unspecified atom stereocenters. The molecule has 3 heterocycles. The Morgan fingerprint density at radius 2 is 1.92 bits per heavy atom. The average molecular weight is 369 g/mol. The summed E-state index contributed by atoms with van der Waals surface area (Å²) in [7, 11) is 2.16. The Morgan fingerprint density at radius 1 is 1.15 bits per heavy atom. The summed E-state index contributed by atoms with van der Waals surface area (Å²) in [5, 5.41) is 11.5. The maximum absolute atomic E-state index is 5.99. The predicted octanol–water partition coefficient (Wildman–Crippen LogP) is 3.69. The average Bonchev–Trinajstić information content (AvgIpc) is 3.14. The van der Waals surface area contributed by atoms with E-state index in [1.54, 1.807) is 12.4 Å². The van der Waals surface area contributed by atoms with Gasteiger partial charge >= 0.3 is 0 Å². The molecule has 3 aromatic rings. The second kappa shape index (κ2) is 7.43. The van der Waals surface area contributed by atoms with Crippen molar-refractivity contribution >= 4 is 17.5 Å². The summed E-state index contributed by atoms with van der Waals surface area (Å²) in [5.74, 6) is 0.667. The molecule has 4 rings (SSSR count). The fraction of sp³-hybridized carbons (Fsp3) is 0.316. The highest BCUT2D eigenvalue weighted by Crippen LogP contribution is 2.30. The van der Waals surface area contributed by atoms with E-state index >= 15 is 0 Å². The van der Waals surface area contributed by atoms with Gasteiger partial charge < -0.3 is 10.2 Å².